The number of ether oxygens (including phenoxy) is 1. The summed E-state index contributed by atoms with van der Waals surface area (Å²) in [5.74, 6) is -0.587. The zero-order chi connectivity index (χ0) is 12.7. The van der Waals surface area contributed by atoms with Crippen molar-refractivity contribution >= 4 is 12.4 Å². The Hall–Kier alpha value is -1.91. The van der Waals surface area contributed by atoms with Gasteiger partial charge in [0.05, 0.1) is 0 Å². The van der Waals surface area contributed by atoms with E-state index in [-0.39, 0.29) is 24.8 Å². The van der Waals surface area contributed by atoms with Crippen LogP contribution >= 0.6 is 0 Å². The average Bonchev–Trinajstić information content (AvgIpc) is 2.35. The Balaban J connectivity index is 2.67. The number of rotatable bonds is 5. The highest BCUT2D eigenvalue weighted by Gasteiger charge is 2.13. The zero-order valence-corrected chi connectivity index (χ0v) is 9.48. The van der Waals surface area contributed by atoms with Crippen molar-refractivity contribution in [2.45, 2.75) is 12.3 Å². The third-order valence-electron chi connectivity index (χ3n) is 2.34. The Morgan fingerprint density at radius 3 is 2.65 bits per heavy atom. The van der Waals surface area contributed by atoms with Crippen molar-refractivity contribution in [1.82, 2.24) is 5.32 Å². The van der Waals surface area contributed by atoms with Crippen molar-refractivity contribution in [2.75, 3.05) is 13.7 Å². The van der Waals surface area contributed by atoms with Gasteiger partial charge in [0.25, 0.3) is 0 Å². The highest BCUT2D eigenvalue weighted by atomic mass is 19.1. The van der Waals surface area contributed by atoms with Gasteiger partial charge in [0.15, 0.2) is 0 Å². The van der Waals surface area contributed by atoms with Gasteiger partial charge in [-0.15, -0.1) is 0 Å². The molecule has 1 aromatic carbocycles. The van der Waals surface area contributed by atoms with Crippen LogP contribution in [0.2, 0.25) is 0 Å². The van der Waals surface area contributed by atoms with Crippen molar-refractivity contribution in [2.24, 2.45) is 0 Å². The predicted octanol–water partition coefficient (Wildman–Crippen LogP) is 1.85. The van der Waals surface area contributed by atoms with E-state index >= 15 is 0 Å². The Kier molecular flexibility index (Phi) is 5.13. The van der Waals surface area contributed by atoms with Crippen LogP contribution in [-0.2, 0) is 9.53 Å². The summed E-state index contributed by atoms with van der Waals surface area (Å²) >= 11 is 0. The van der Waals surface area contributed by atoms with Gasteiger partial charge in [-0.2, -0.15) is 0 Å². The molecule has 0 aromatic heterocycles. The molecule has 1 aromatic rings. The highest BCUT2D eigenvalue weighted by molar-refractivity contribution is 5.66. The lowest BCUT2D eigenvalue weighted by atomic mass is 9.97. The molecule has 1 unspecified atom stereocenters. The van der Waals surface area contributed by atoms with Crippen molar-refractivity contribution < 1.29 is 18.7 Å². The van der Waals surface area contributed by atoms with Gasteiger partial charge in [0, 0.05) is 19.4 Å². The van der Waals surface area contributed by atoms with Gasteiger partial charge in [-0.05, 0) is 17.7 Å². The molecule has 0 aliphatic carbocycles. The molecular formula is C12H14FNO3. The minimum atomic E-state index is -0.553. The third kappa shape index (κ3) is 4.22. The van der Waals surface area contributed by atoms with Crippen molar-refractivity contribution in [3.05, 3.63) is 35.6 Å². The quantitative estimate of drug-likeness (QED) is 0.798. The normalized spacial score (nSPS) is 11.6. The smallest absolute Gasteiger partial charge is 0.406 e. The summed E-state index contributed by atoms with van der Waals surface area (Å²) in [6.07, 6.45) is 0.423. The van der Waals surface area contributed by atoms with Crippen LogP contribution in [0.1, 0.15) is 17.9 Å². The van der Waals surface area contributed by atoms with Crippen LogP contribution in [0.25, 0.3) is 0 Å². The average molecular weight is 239 g/mol. The van der Waals surface area contributed by atoms with Gasteiger partial charge in [0.2, 0.25) is 0 Å². The third-order valence-corrected chi connectivity index (χ3v) is 2.34. The number of halogens is 1. The Morgan fingerprint density at radius 1 is 1.47 bits per heavy atom. The first-order valence-corrected chi connectivity index (χ1v) is 5.21. The molecule has 0 radical (unpaired) electrons. The summed E-state index contributed by atoms with van der Waals surface area (Å²) in [6, 6.07) is 5.79. The lowest BCUT2D eigenvalue weighted by Crippen LogP contribution is -2.22. The number of benzene rings is 1. The maximum absolute atomic E-state index is 12.7. The molecule has 1 amide bonds. The number of amides is 1. The van der Waals surface area contributed by atoms with Crippen LogP contribution in [0, 0.1) is 5.82 Å². The highest BCUT2D eigenvalue weighted by Crippen LogP contribution is 2.19. The number of aldehydes is 1. The lowest BCUT2D eigenvalue weighted by molar-refractivity contribution is -0.108. The molecule has 92 valence electrons. The number of hydrogen-bond donors (Lipinski definition) is 1. The standard InChI is InChI=1S/C12H14FNO3/c1-14-12(16)17-8-10(6-7-15)9-2-4-11(13)5-3-9/h2-5,7,10H,6,8H2,1H3,(H,14,16). The first-order chi connectivity index (χ1) is 8.17. The number of alkyl carbamates (subject to hydrolysis) is 1. The molecule has 5 heteroatoms. The summed E-state index contributed by atoms with van der Waals surface area (Å²) in [7, 11) is 1.45. The summed E-state index contributed by atoms with van der Waals surface area (Å²) < 4.78 is 17.6. The number of carbonyl (C=O) groups excluding carboxylic acids is 2. The fraction of sp³-hybridized carbons (Fsp3) is 0.333. The molecule has 0 heterocycles. The Morgan fingerprint density at radius 2 is 2.12 bits per heavy atom. The molecule has 0 bridgehead atoms. The van der Waals surface area contributed by atoms with E-state index in [1.807, 2.05) is 0 Å². The van der Waals surface area contributed by atoms with Crippen molar-refractivity contribution in [1.29, 1.82) is 0 Å². The van der Waals surface area contributed by atoms with Crippen LogP contribution in [0.5, 0.6) is 0 Å². The maximum atomic E-state index is 12.7. The first-order valence-electron chi connectivity index (χ1n) is 5.21. The molecular weight excluding hydrogens is 225 g/mol. The second-order valence-corrected chi connectivity index (χ2v) is 3.50. The van der Waals surface area contributed by atoms with E-state index in [2.05, 4.69) is 5.32 Å². The Bertz CT molecular complexity index is 378. The molecule has 4 nitrogen and oxygen atoms in total. The molecule has 0 aliphatic rings. The molecule has 0 saturated carbocycles. The molecule has 0 aliphatic heterocycles. The van der Waals surface area contributed by atoms with Gasteiger partial charge in [-0.1, -0.05) is 12.1 Å². The van der Waals surface area contributed by atoms with E-state index < -0.39 is 6.09 Å². The van der Waals surface area contributed by atoms with Crippen LogP contribution < -0.4 is 5.32 Å². The van der Waals surface area contributed by atoms with Gasteiger partial charge in [-0.25, -0.2) is 9.18 Å². The molecule has 1 rings (SSSR count). The monoisotopic (exact) mass is 239 g/mol. The SMILES string of the molecule is CNC(=O)OCC(CC=O)c1ccc(F)cc1. The van der Waals surface area contributed by atoms with E-state index in [1.165, 1.54) is 19.2 Å². The minimum Gasteiger partial charge on any atom is -0.449 e. The number of nitrogens with one attached hydrogen (secondary N) is 1. The van der Waals surface area contributed by atoms with Gasteiger partial charge < -0.3 is 14.8 Å². The van der Waals surface area contributed by atoms with Gasteiger partial charge in [-0.3, -0.25) is 0 Å². The zero-order valence-electron chi connectivity index (χ0n) is 9.48. The van der Waals surface area contributed by atoms with E-state index in [9.17, 15) is 14.0 Å². The molecule has 0 fully saturated rings. The van der Waals surface area contributed by atoms with Crippen LogP contribution in [-0.4, -0.2) is 26.0 Å². The fourth-order valence-electron chi connectivity index (χ4n) is 1.40. The van der Waals surface area contributed by atoms with E-state index in [4.69, 9.17) is 4.74 Å². The molecule has 1 N–H and O–H groups in total. The maximum Gasteiger partial charge on any atom is 0.406 e. The summed E-state index contributed by atoms with van der Waals surface area (Å²) in [5.41, 5.74) is 0.766. The second kappa shape index (κ2) is 6.62. The fourth-order valence-corrected chi connectivity index (χ4v) is 1.40. The Labute approximate surface area is 98.8 Å². The van der Waals surface area contributed by atoms with Crippen LogP contribution in [0.3, 0.4) is 0 Å². The first kappa shape index (κ1) is 13.2. The van der Waals surface area contributed by atoms with Gasteiger partial charge in [0.1, 0.15) is 18.7 Å². The topological polar surface area (TPSA) is 55.4 Å². The molecule has 0 spiro atoms. The minimum absolute atomic E-state index is 0.0873. The van der Waals surface area contributed by atoms with E-state index in [1.54, 1.807) is 12.1 Å². The van der Waals surface area contributed by atoms with E-state index in [0.717, 1.165) is 11.8 Å². The second-order valence-electron chi connectivity index (χ2n) is 3.50. The van der Waals surface area contributed by atoms with Gasteiger partial charge >= 0.3 is 6.09 Å². The predicted molar refractivity (Wildman–Crippen MR) is 60.2 cm³/mol. The van der Waals surface area contributed by atoms with Crippen molar-refractivity contribution in [3.63, 3.8) is 0 Å². The van der Waals surface area contributed by atoms with Crippen molar-refractivity contribution in [3.8, 4) is 0 Å². The largest absolute Gasteiger partial charge is 0.449 e. The number of carbonyl (C=O) groups is 2. The molecule has 0 saturated heterocycles. The summed E-state index contributed by atoms with van der Waals surface area (Å²) in [5, 5.41) is 2.31. The summed E-state index contributed by atoms with van der Waals surface area (Å²) in [4.78, 5) is 21.5. The number of hydrogen-bond acceptors (Lipinski definition) is 3. The summed E-state index contributed by atoms with van der Waals surface area (Å²) in [6.45, 7) is 0.0873. The van der Waals surface area contributed by atoms with Crippen LogP contribution in [0.4, 0.5) is 9.18 Å². The molecule has 17 heavy (non-hydrogen) atoms. The lowest BCUT2D eigenvalue weighted by Gasteiger charge is -2.14. The van der Waals surface area contributed by atoms with E-state index in [0.29, 0.717) is 0 Å². The van der Waals surface area contributed by atoms with Crippen LogP contribution in [0.15, 0.2) is 24.3 Å². The molecule has 1 atom stereocenters.